The zero-order chi connectivity index (χ0) is 22.1. The largest absolute Gasteiger partial charge is 0.496 e. The lowest BCUT2D eigenvalue weighted by molar-refractivity contribution is 0.0952. The molecule has 1 atom stereocenters. The average Bonchev–Trinajstić information content (AvgIpc) is 2.69. The van der Waals surface area contributed by atoms with Crippen molar-refractivity contribution in [1.29, 1.82) is 0 Å². The number of hydrogen-bond acceptors (Lipinski definition) is 8. The zero-order valence-electron chi connectivity index (χ0n) is 17.2. The number of ketones is 1. The van der Waals surface area contributed by atoms with Crippen LogP contribution in [-0.4, -0.2) is 69.3 Å². The van der Waals surface area contributed by atoms with Gasteiger partial charge >= 0.3 is 0 Å². The molecule has 1 aromatic rings. The van der Waals surface area contributed by atoms with Gasteiger partial charge in [-0.25, -0.2) is 22.1 Å². The summed E-state index contributed by atoms with van der Waals surface area (Å²) >= 11 is 0. The van der Waals surface area contributed by atoms with Crippen molar-refractivity contribution >= 4 is 27.6 Å². The maximum Gasteiger partial charge on any atom is 0.219 e. The molecule has 11 heteroatoms. The van der Waals surface area contributed by atoms with Crippen LogP contribution in [0.3, 0.4) is 0 Å². The molecule has 1 fully saturated rings. The fourth-order valence-corrected chi connectivity index (χ4v) is 4.50. The van der Waals surface area contributed by atoms with E-state index in [2.05, 4.69) is 15.3 Å². The number of ether oxygens (including phenoxy) is 1. The Labute approximate surface area is 175 Å². The number of Topliss-reactive ketones (excluding diaryl/α,β-unsaturated/α-hetero) is 1. The van der Waals surface area contributed by atoms with E-state index in [0.29, 0.717) is 31.9 Å². The number of piperidine rings is 1. The van der Waals surface area contributed by atoms with Gasteiger partial charge in [-0.3, -0.25) is 9.79 Å². The van der Waals surface area contributed by atoms with Gasteiger partial charge in [-0.05, 0) is 37.5 Å². The molecule has 0 bridgehead atoms. The molecule has 3 rings (SSSR count). The Morgan fingerprint density at radius 3 is 2.57 bits per heavy atom. The predicted octanol–water partition coefficient (Wildman–Crippen LogP) is 0.682. The number of halogens is 1. The Morgan fingerprint density at radius 1 is 1.33 bits per heavy atom. The molecule has 3 N–H and O–H groups in total. The molecule has 0 radical (unpaired) electrons. The van der Waals surface area contributed by atoms with Gasteiger partial charge in [-0.15, -0.1) is 0 Å². The van der Waals surface area contributed by atoms with Crippen LogP contribution < -0.4 is 15.8 Å². The van der Waals surface area contributed by atoms with Crippen LogP contribution in [0.4, 0.5) is 4.39 Å². The molecule has 1 aromatic carbocycles. The highest BCUT2D eigenvalue weighted by Crippen LogP contribution is 2.28. The van der Waals surface area contributed by atoms with E-state index in [9.17, 15) is 17.6 Å². The summed E-state index contributed by atoms with van der Waals surface area (Å²) in [5, 5.41) is 3.17. The van der Waals surface area contributed by atoms with E-state index in [1.165, 1.54) is 36.7 Å². The van der Waals surface area contributed by atoms with Crippen molar-refractivity contribution in [3.8, 4) is 5.75 Å². The van der Waals surface area contributed by atoms with Crippen LogP contribution in [0.15, 0.2) is 22.1 Å². The molecule has 0 aromatic heterocycles. The second kappa shape index (κ2) is 8.68. The van der Waals surface area contributed by atoms with Crippen molar-refractivity contribution in [2.45, 2.75) is 25.8 Å². The monoisotopic (exact) mass is 439 g/mol. The van der Waals surface area contributed by atoms with E-state index in [1.54, 1.807) is 0 Å². The van der Waals surface area contributed by atoms with Gasteiger partial charge in [0.2, 0.25) is 16.0 Å². The maximum atomic E-state index is 14.0. The van der Waals surface area contributed by atoms with E-state index in [4.69, 9.17) is 10.5 Å². The van der Waals surface area contributed by atoms with E-state index in [-0.39, 0.29) is 35.3 Å². The fourth-order valence-electron chi connectivity index (χ4n) is 3.63. The Balaban J connectivity index is 1.68. The number of rotatable bonds is 5. The first-order valence-electron chi connectivity index (χ1n) is 9.59. The number of nitrogens with zero attached hydrogens (tertiary/aromatic N) is 3. The minimum atomic E-state index is -3.19. The smallest absolute Gasteiger partial charge is 0.219 e. The summed E-state index contributed by atoms with van der Waals surface area (Å²) in [6, 6.07) is 2.67. The number of nitrogens with one attached hydrogen (secondary N) is 1. The van der Waals surface area contributed by atoms with Crippen LogP contribution in [0.5, 0.6) is 5.75 Å². The number of sulfonamides is 1. The van der Waals surface area contributed by atoms with Gasteiger partial charge in [0, 0.05) is 19.1 Å². The Morgan fingerprint density at radius 2 is 2.00 bits per heavy atom. The van der Waals surface area contributed by atoms with Gasteiger partial charge in [-0.1, -0.05) is 0 Å². The summed E-state index contributed by atoms with van der Waals surface area (Å²) in [4.78, 5) is 21.6. The minimum absolute atomic E-state index is 0.0103. The molecular weight excluding hydrogens is 413 g/mol. The summed E-state index contributed by atoms with van der Waals surface area (Å²) in [5.41, 5.74) is 6.39. The summed E-state index contributed by atoms with van der Waals surface area (Å²) in [7, 11) is -1.78. The van der Waals surface area contributed by atoms with Gasteiger partial charge in [-0.2, -0.15) is 0 Å². The van der Waals surface area contributed by atoms with Crippen molar-refractivity contribution in [2.24, 2.45) is 21.6 Å². The lowest BCUT2D eigenvalue weighted by Gasteiger charge is -2.31. The molecule has 2 heterocycles. The highest BCUT2D eigenvalue weighted by molar-refractivity contribution is 7.88. The third-order valence-electron chi connectivity index (χ3n) is 5.42. The van der Waals surface area contributed by atoms with Gasteiger partial charge in [0.15, 0.2) is 5.78 Å². The summed E-state index contributed by atoms with van der Waals surface area (Å²) in [5.74, 6) is -1.02. The molecule has 1 saturated heterocycles. The van der Waals surface area contributed by atoms with Crippen molar-refractivity contribution in [3.05, 3.63) is 29.1 Å². The fraction of sp³-hybridized carbons (Fsp3) is 0.526. The SMILES string of the molecule is COc1ccc(F)c(C)c1C(=O)C1CN=C(NC2CCN(S(C)(=O)=O)CC2)N=C1N. The van der Waals surface area contributed by atoms with Crippen LogP contribution >= 0.6 is 0 Å². The van der Waals surface area contributed by atoms with Crippen molar-refractivity contribution < 1.29 is 22.3 Å². The first-order chi connectivity index (χ1) is 14.1. The van der Waals surface area contributed by atoms with Crippen molar-refractivity contribution in [3.63, 3.8) is 0 Å². The quantitative estimate of drug-likeness (QED) is 0.650. The molecule has 9 nitrogen and oxygen atoms in total. The standard InChI is InChI=1S/C19H26FN5O4S/c1-11-14(20)4-5-15(29-2)16(11)17(26)13-10-22-19(24-18(13)21)23-12-6-8-25(9-7-12)30(3,27)28/h4-5,12-13H,6-10H2,1-3H3,(H3,21,22,23,24). The van der Waals surface area contributed by atoms with Crippen LogP contribution in [0.25, 0.3) is 0 Å². The topological polar surface area (TPSA) is 126 Å². The number of nitrogens with two attached hydrogens (primary N) is 1. The van der Waals surface area contributed by atoms with Crippen molar-refractivity contribution in [1.82, 2.24) is 9.62 Å². The number of amidine groups is 1. The lowest BCUT2D eigenvalue weighted by atomic mass is 9.92. The van der Waals surface area contributed by atoms with Crippen LogP contribution in [0.1, 0.15) is 28.8 Å². The van der Waals surface area contributed by atoms with E-state index in [1.807, 2.05) is 0 Å². The lowest BCUT2D eigenvalue weighted by Crippen LogP contribution is -2.47. The summed E-state index contributed by atoms with van der Waals surface area (Å²) in [6.07, 6.45) is 2.43. The number of guanidine groups is 1. The molecular formula is C19H26FN5O4S. The first kappa shape index (κ1) is 22.2. The van der Waals surface area contributed by atoms with Gasteiger partial charge in [0.05, 0.1) is 31.4 Å². The highest BCUT2D eigenvalue weighted by atomic mass is 32.2. The van der Waals surface area contributed by atoms with Gasteiger partial charge in [0.25, 0.3) is 0 Å². The summed E-state index contributed by atoms with van der Waals surface area (Å²) < 4.78 is 43.9. The van der Waals surface area contributed by atoms with E-state index < -0.39 is 27.5 Å². The molecule has 1 unspecified atom stereocenters. The van der Waals surface area contributed by atoms with Crippen LogP contribution in [-0.2, 0) is 10.0 Å². The number of hydrogen-bond donors (Lipinski definition) is 2. The molecule has 2 aliphatic heterocycles. The normalized spacial score (nSPS) is 21.0. The predicted molar refractivity (Wildman–Crippen MR) is 112 cm³/mol. The van der Waals surface area contributed by atoms with Crippen LogP contribution in [0.2, 0.25) is 0 Å². The third-order valence-corrected chi connectivity index (χ3v) is 6.72. The first-order valence-corrected chi connectivity index (χ1v) is 11.4. The number of carbonyl (C=O) groups is 1. The molecule has 30 heavy (non-hydrogen) atoms. The second-order valence-electron chi connectivity index (χ2n) is 7.45. The third kappa shape index (κ3) is 4.62. The number of methoxy groups -OCH3 is 1. The number of benzene rings is 1. The van der Waals surface area contributed by atoms with Crippen molar-refractivity contribution in [2.75, 3.05) is 33.0 Å². The number of aliphatic imine (C=N–C) groups is 2. The van der Waals surface area contributed by atoms with Gasteiger partial charge in [0.1, 0.15) is 17.4 Å². The van der Waals surface area contributed by atoms with E-state index >= 15 is 0 Å². The molecule has 0 saturated carbocycles. The molecule has 0 spiro atoms. The number of carbonyl (C=O) groups excluding carboxylic acids is 1. The second-order valence-corrected chi connectivity index (χ2v) is 9.43. The molecule has 2 aliphatic rings. The zero-order valence-corrected chi connectivity index (χ0v) is 18.0. The average molecular weight is 440 g/mol. The Kier molecular flexibility index (Phi) is 6.41. The van der Waals surface area contributed by atoms with Crippen LogP contribution in [0, 0.1) is 18.7 Å². The van der Waals surface area contributed by atoms with E-state index in [0.717, 1.165) is 0 Å². The Bertz CT molecular complexity index is 1000. The highest BCUT2D eigenvalue weighted by Gasteiger charge is 2.32. The summed E-state index contributed by atoms with van der Waals surface area (Å²) in [6.45, 7) is 2.43. The van der Waals surface area contributed by atoms with Gasteiger partial charge < -0.3 is 15.8 Å². The molecule has 0 aliphatic carbocycles. The minimum Gasteiger partial charge on any atom is -0.496 e. The molecule has 164 valence electrons. The Hall–Kier alpha value is -2.53. The maximum absolute atomic E-state index is 14.0. The molecule has 0 amide bonds.